The van der Waals surface area contributed by atoms with Crippen LogP contribution in [0.3, 0.4) is 0 Å². The summed E-state index contributed by atoms with van der Waals surface area (Å²) in [6.07, 6.45) is 3.56. The number of imidazole rings is 1. The van der Waals surface area contributed by atoms with Crippen molar-refractivity contribution in [1.82, 2.24) is 19.5 Å². The molecule has 3 N–H and O–H groups in total. The highest BCUT2D eigenvalue weighted by Crippen LogP contribution is 2.35. The van der Waals surface area contributed by atoms with Crippen LogP contribution in [-0.2, 0) is 11.3 Å². The average Bonchev–Trinajstić information content (AvgIpc) is 3.44. The third-order valence-corrected chi connectivity index (χ3v) is 6.95. The van der Waals surface area contributed by atoms with E-state index in [1.165, 1.54) is 23.3 Å². The number of ether oxygens (including phenoxy) is 1. The van der Waals surface area contributed by atoms with Gasteiger partial charge >= 0.3 is 0 Å². The topological polar surface area (TPSA) is 160 Å². The molecule has 186 valence electrons. The normalized spacial score (nSPS) is 25.2. The van der Waals surface area contributed by atoms with E-state index >= 15 is 0 Å². The molecule has 0 amide bonds. The standard InChI is InChI=1S/C23H28N6O6/c30-11-17-19(31)20(32)23(35-17)28-13-26-18-21(24-12-25-22(18)28)27(15-7-2-1-3-8-15)10-14-6-4-5-9-16(14)29(33)34/h4-6,9,12-13,15,17,19-20,23,30-32H,1-3,7-8,10-11H2/t17-,19-,20-,23-/m1/s1. The number of nitro benzene ring substituents is 1. The lowest BCUT2D eigenvalue weighted by Crippen LogP contribution is -2.37. The number of aliphatic hydroxyl groups excluding tert-OH is 3. The molecular weight excluding hydrogens is 456 g/mol. The third-order valence-electron chi connectivity index (χ3n) is 6.95. The first-order valence-corrected chi connectivity index (χ1v) is 11.8. The zero-order valence-corrected chi connectivity index (χ0v) is 19.1. The third kappa shape index (κ3) is 4.33. The first-order valence-electron chi connectivity index (χ1n) is 11.8. The molecule has 1 aliphatic heterocycles. The molecule has 2 aromatic heterocycles. The molecule has 3 heterocycles. The number of para-hydroxylation sites is 1. The number of anilines is 1. The maximum atomic E-state index is 11.7. The molecule has 1 saturated heterocycles. The van der Waals surface area contributed by atoms with Crippen LogP contribution in [0.2, 0.25) is 0 Å². The summed E-state index contributed by atoms with van der Waals surface area (Å²) in [5.74, 6) is 0.547. The Balaban J connectivity index is 1.56. The molecular formula is C23H28N6O6. The largest absolute Gasteiger partial charge is 0.394 e. The molecule has 0 spiro atoms. The molecule has 2 fully saturated rings. The number of benzene rings is 1. The SMILES string of the molecule is O=[N+]([O-])c1ccccc1CN(c1ncnc2c1ncn2[C@@H]1O[C@H](CO)[C@@H](O)[C@H]1O)C1CCCCC1. The maximum absolute atomic E-state index is 11.7. The Bertz CT molecular complexity index is 1200. The maximum Gasteiger partial charge on any atom is 0.274 e. The first-order chi connectivity index (χ1) is 17.0. The second-order valence-corrected chi connectivity index (χ2v) is 9.06. The van der Waals surface area contributed by atoms with Crippen LogP contribution < -0.4 is 4.90 Å². The van der Waals surface area contributed by atoms with Gasteiger partial charge in [-0.2, -0.15) is 0 Å². The van der Waals surface area contributed by atoms with Crippen molar-refractivity contribution < 1.29 is 25.0 Å². The van der Waals surface area contributed by atoms with Crippen molar-refractivity contribution in [3.8, 4) is 0 Å². The monoisotopic (exact) mass is 484 g/mol. The van der Waals surface area contributed by atoms with Gasteiger partial charge in [0.1, 0.15) is 24.6 Å². The number of nitro groups is 1. The number of rotatable bonds is 7. The summed E-state index contributed by atoms with van der Waals surface area (Å²) in [5, 5.41) is 41.8. The molecule has 5 rings (SSSR count). The average molecular weight is 485 g/mol. The number of hydrogen-bond donors (Lipinski definition) is 3. The first kappa shape index (κ1) is 23.5. The molecule has 0 radical (unpaired) electrons. The summed E-state index contributed by atoms with van der Waals surface area (Å²) in [6, 6.07) is 6.82. The lowest BCUT2D eigenvalue weighted by molar-refractivity contribution is -0.385. The molecule has 0 bridgehead atoms. The van der Waals surface area contributed by atoms with E-state index < -0.39 is 31.1 Å². The van der Waals surface area contributed by atoms with Gasteiger partial charge in [0.25, 0.3) is 5.69 Å². The summed E-state index contributed by atoms with van der Waals surface area (Å²) in [5.41, 5.74) is 1.50. The minimum Gasteiger partial charge on any atom is -0.394 e. The molecule has 1 aliphatic carbocycles. The van der Waals surface area contributed by atoms with Crippen molar-refractivity contribution in [3.05, 3.63) is 52.6 Å². The minimum absolute atomic E-state index is 0.0515. The second-order valence-electron chi connectivity index (χ2n) is 9.06. The predicted octanol–water partition coefficient (Wildman–Crippen LogP) is 1.69. The van der Waals surface area contributed by atoms with Crippen molar-refractivity contribution in [1.29, 1.82) is 0 Å². The Morgan fingerprint density at radius 3 is 2.60 bits per heavy atom. The quantitative estimate of drug-likeness (QED) is 0.332. The van der Waals surface area contributed by atoms with Crippen molar-refractivity contribution in [2.45, 2.75) is 69.2 Å². The Labute approximate surface area is 201 Å². The molecule has 12 nitrogen and oxygen atoms in total. The zero-order chi connectivity index (χ0) is 24.5. The molecule has 0 unspecified atom stereocenters. The van der Waals surface area contributed by atoms with Crippen LogP contribution in [0.25, 0.3) is 11.2 Å². The van der Waals surface area contributed by atoms with E-state index in [0.29, 0.717) is 22.5 Å². The highest BCUT2D eigenvalue weighted by Gasteiger charge is 2.44. The summed E-state index contributed by atoms with van der Waals surface area (Å²) < 4.78 is 7.19. The van der Waals surface area contributed by atoms with Crippen molar-refractivity contribution in [2.24, 2.45) is 0 Å². The van der Waals surface area contributed by atoms with E-state index in [-0.39, 0.29) is 23.2 Å². The number of hydrogen-bond acceptors (Lipinski definition) is 10. The number of nitrogens with zero attached hydrogens (tertiary/aromatic N) is 6. The van der Waals surface area contributed by atoms with Crippen molar-refractivity contribution >= 4 is 22.7 Å². The number of aliphatic hydroxyl groups is 3. The summed E-state index contributed by atoms with van der Waals surface area (Å²) >= 11 is 0. The van der Waals surface area contributed by atoms with E-state index in [9.17, 15) is 25.4 Å². The fourth-order valence-corrected chi connectivity index (χ4v) is 5.12. The van der Waals surface area contributed by atoms with Crippen LogP contribution in [0, 0.1) is 10.1 Å². The van der Waals surface area contributed by atoms with Crippen molar-refractivity contribution in [2.75, 3.05) is 11.5 Å². The number of aromatic nitrogens is 4. The van der Waals surface area contributed by atoms with E-state index in [1.807, 2.05) is 0 Å². The Kier molecular flexibility index (Phi) is 6.60. The highest BCUT2D eigenvalue weighted by molar-refractivity contribution is 5.83. The van der Waals surface area contributed by atoms with Crippen LogP contribution in [0.15, 0.2) is 36.9 Å². The van der Waals surface area contributed by atoms with Gasteiger partial charge in [0.05, 0.1) is 24.4 Å². The number of fused-ring (bicyclic) bond motifs is 1. The molecule has 3 aromatic rings. The second kappa shape index (κ2) is 9.82. The van der Waals surface area contributed by atoms with E-state index in [0.717, 1.165) is 32.1 Å². The zero-order valence-electron chi connectivity index (χ0n) is 19.1. The molecule has 12 heteroatoms. The lowest BCUT2D eigenvalue weighted by Gasteiger charge is -2.35. The van der Waals surface area contributed by atoms with Crippen LogP contribution in [0.5, 0.6) is 0 Å². The fourth-order valence-electron chi connectivity index (χ4n) is 5.12. The van der Waals surface area contributed by atoms with Crippen molar-refractivity contribution in [3.63, 3.8) is 0 Å². The van der Waals surface area contributed by atoms with E-state index in [2.05, 4.69) is 19.9 Å². The Morgan fingerprint density at radius 1 is 1.11 bits per heavy atom. The summed E-state index contributed by atoms with van der Waals surface area (Å²) in [4.78, 5) is 26.8. The van der Waals surface area contributed by atoms with Gasteiger partial charge in [-0.15, -0.1) is 0 Å². The van der Waals surface area contributed by atoms with E-state index in [1.54, 1.807) is 18.2 Å². The van der Waals surface area contributed by atoms with Gasteiger partial charge in [-0.1, -0.05) is 37.5 Å². The van der Waals surface area contributed by atoms with Gasteiger partial charge in [-0.25, -0.2) is 15.0 Å². The van der Waals surface area contributed by atoms with Gasteiger partial charge in [0.2, 0.25) is 0 Å². The predicted molar refractivity (Wildman–Crippen MR) is 124 cm³/mol. The minimum atomic E-state index is -1.27. The van der Waals surface area contributed by atoms with Gasteiger partial charge in [0.15, 0.2) is 23.2 Å². The molecule has 35 heavy (non-hydrogen) atoms. The molecule has 1 saturated carbocycles. The Morgan fingerprint density at radius 2 is 1.89 bits per heavy atom. The fraction of sp³-hybridized carbons (Fsp3) is 0.522. The van der Waals surface area contributed by atoms with Gasteiger partial charge < -0.3 is 25.0 Å². The van der Waals surface area contributed by atoms with Crippen LogP contribution in [0.1, 0.15) is 43.9 Å². The van der Waals surface area contributed by atoms with Crippen LogP contribution in [0.4, 0.5) is 11.5 Å². The lowest BCUT2D eigenvalue weighted by atomic mass is 9.93. The van der Waals surface area contributed by atoms with Crippen LogP contribution in [-0.4, -0.2) is 70.7 Å². The summed E-state index contributed by atoms with van der Waals surface area (Å²) in [7, 11) is 0. The highest BCUT2D eigenvalue weighted by atomic mass is 16.6. The molecule has 4 atom stereocenters. The van der Waals surface area contributed by atoms with Gasteiger partial charge in [-0.05, 0) is 12.8 Å². The van der Waals surface area contributed by atoms with E-state index in [4.69, 9.17) is 4.74 Å². The molecule has 2 aliphatic rings. The molecule has 1 aromatic carbocycles. The van der Waals surface area contributed by atoms with Crippen LogP contribution >= 0.6 is 0 Å². The van der Waals surface area contributed by atoms with Gasteiger partial charge in [0, 0.05) is 17.7 Å². The Hall–Kier alpha value is -3.19. The summed E-state index contributed by atoms with van der Waals surface area (Å²) in [6.45, 7) is -0.151. The van der Waals surface area contributed by atoms with Gasteiger partial charge in [-0.3, -0.25) is 14.7 Å². The smallest absolute Gasteiger partial charge is 0.274 e.